The maximum Gasteiger partial charge on any atom is 0.340 e. The molecule has 1 fully saturated rings. The highest BCUT2D eigenvalue weighted by Gasteiger charge is 2.55. The number of fused-ring (bicyclic) bond motifs is 12. The van der Waals surface area contributed by atoms with Crippen LogP contribution in [-0.4, -0.2) is 97.4 Å². The highest BCUT2D eigenvalue weighted by atomic mass is 16.6. The van der Waals surface area contributed by atoms with Gasteiger partial charge in [0.25, 0.3) is 0 Å². The molecule has 6 aromatic carbocycles. The third-order valence-corrected chi connectivity index (χ3v) is 12.3. The fourth-order valence-corrected chi connectivity index (χ4v) is 8.99. The van der Waals surface area contributed by atoms with Crippen molar-refractivity contribution >= 4 is 35.6 Å². The van der Waals surface area contributed by atoms with E-state index in [9.17, 15) is 49.2 Å². The summed E-state index contributed by atoms with van der Waals surface area (Å²) >= 11 is 0. The van der Waals surface area contributed by atoms with E-state index in [1.165, 1.54) is 62.4 Å². The van der Waals surface area contributed by atoms with E-state index in [0.29, 0.717) is 85.5 Å². The molecule has 0 aromatic heterocycles. The molecule has 398 valence electrons. The molecule has 0 aliphatic carbocycles. The second-order valence-electron chi connectivity index (χ2n) is 17.4. The number of imide groups is 3. The van der Waals surface area contributed by atoms with E-state index in [1.807, 2.05) is 24.3 Å². The van der Waals surface area contributed by atoms with Crippen LogP contribution in [0, 0.1) is 0 Å². The highest BCUT2D eigenvalue weighted by molar-refractivity contribution is 6.14. The molecular weight excluding hydrogens is 983 g/mol. The van der Waals surface area contributed by atoms with E-state index >= 15 is 0 Å². The number of unbranched alkanes of at least 4 members (excludes halogenated alkanes) is 2. The van der Waals surface area contributed by atoms with Crippen LogP contribution in [0.5, 0.6) is 46.0 Å². The van der Waals surface area contributed by atoms with Crippen molar-refractivity contribution in [3.63, 3.8) is 0 Å². The Morgan fingerprint density at radius 3 is 1.20 bits per heavy atom. The Morgan fingerprint density at radius 1 is 0.539 bits per heavy atom. The minimum Gasteiger partial charge on any atom is -0.508 e. The molecular formula is C57H59N3O16. The fraction of sp³-hybridized carbons (Fsp3) is 0.263. The summed E-state index contributed by atoms with van der Waals surface area (Å²) in [5, 5.41) is 58.4. The fourth-order valence-electron chi connectivity index (χ4n) is 8.99. The molecule has 0 saturated carbocycles. The number of nitrogens with zero attached hydrogens (tertiary/aromatic N) is 1. The van der Waals surface area contributed by atoms with E-state index in [-0.39, 0.29) is 74.2 Å². The molecule has 5 aliphatic heterocycles. The molecule has 1 saturated heterocycles. The van der Waals surface area contributed by atoms with Gasteiger partial charge in [-0.25, -0.2) is 14.5 Å². The highest BCUT2D eigenvalue weighted by Crippen LogP contribution is 2.58. The van der Waals surface area contributed by atoms with Crippen molar-refractivity contribution in [2.24, 2.45) is 5.73 Å². The number of rotatable bonds is 7. The molecule has 5 heterocycles. The topological polar surface area (TPSA) is 302 Å². The lowest BCUT2D eigenvalue weighted by atomic mass is 9.77. The van der Waals surface area contributed by atoms with Crippen molar-refractivity contribution in [2.45, 2.75) is 71.0 Å². The second-order valence-corrected chi connectivity index (χ2v) is 17.4. The number of ether oxygens (including phenoxy) is 4. The van der Waals surface area contributed by atoms with Crippen molar-refractivity contribution in [1.82, 2.24) is 10.2 Å². The number of esters is 2. The van der Waals surface area contributed by atoms with Gasteiger partial charge in [-0.1, -0.05) is 43.8 Å². The minimum atomic E-state index is -1.17. The van der Waals surface area contributed by atoms with E-state index in [4.69, 9.17) is 34.9 Å². The number of phenolic OH excluding ortho intramolecular Hbond substituents is 4. The maximum atomic E-state index is 12.5. The monoisotopic (exact) mass is 1040 g/mol. The number of hydrogen-bond donors (Lipinski definition) is 8. The van der Waals surface area contributed by atoms with Gasteiger partial charge in [-0.15, -0.1) is 0 Å². The predicted molar refractivity (Wildman–Crippen MR) is 275 cm³/mol. The van der Waals surface area contributed by atoms with Gasteiger partial charge in [-0.05, 0) is 92.9 Å². The van der Waals surface area contributed by atoms with Gasteiger partial charge in [0.1, 0.15) is 46.0 Å². The first-order valence-electron chi connectivity index (χ1n) is 23.9. The van der Waals surface area contributed by atoms with Gasteiger partial charge < -0.3 is 60.6 Å². The van der Waals surface area contributed by atoms with Gasteiger partial charge >= 0.3 is 11.9 Å². The molecule has 76 heavy (non-hydrogen) atoms. The van der Waals surface area contributed by atoms with Crippen molar-refractivity contribution in [1.29, 1.82) is 0 Å². The van der Waals surface area contributed by atoms with Crippen LogP contribution < -0.4 is 20.5 Å². The average Bonchev–Trinajstić information content (AvgIpc) is 4.12. The van der Waals surface area contributed by atoms with E-state index < -0.39 is 29.0 Å². The van der Waals surface area contributed by atoms with Crippen molar-refractivity contribution in [3.8, 4) is 46.0 Å². The summed E-state index contributed by atoms with van der Waals surface area (Å²) < 4.78 is 23.6. The quantitative estimate of drug-likeness (QED) is 0.0443. The number of phenols is 4. The van der Waals surface area contributed by atoms with E-state index in [0.717, 1.165) is 25.7 Å². The number of carbonyl (C=O) groups excluding carboxylic acids is 6. The number of aliphatic hydroxyl groups is 2. The Hall–Kier alpha value is -8.78. The van der Waals surface area contributed by atoms with Gasteiger partial charge in [0.2, 0.25) is 23.6 Å². The third kappa shape index (κ3) is 11.5. The average molecular weight is 1040 g/mol. The largest absolute Gasteiger partial charge is 0.508 e. The lowest BCUT2D eigenvalue weighted by Gasteiger charge is -2.36. The summed E-state index contributed by atoms with van der Waals surface area (Å²) in [6, 6.07) is 33.2. The number of aliphatic hydroxyl groups excluding tert-OH is 2. The number of benzene rings is 6. The van der Waals surface area contributed by atoms with Crippen molar-refractivity contribution in [2.75, 3.05) is 26.3 Å². The smallest absolute Gasteiger partial charge is 0.340 e. The lowest BCUT2D eigenvalue weighted by molar-refractivity contribution is -0.148. The molecule has 0 atom stereocenters. The van der Waals surface area contributed by atoms with Crippen LogP contribution in [0.25, 0.3) is 0 Å². The zero-order chi connectivity index (χ0) is 54.0. The van der Waals surface area contributed by atoms with Crippen LogP contribution in [0.4, 0.5) is 0 Å². The number of aromatic hydroxyl groups is 4. The third-order valence-electron chi connectivity index (χ3n) is 12.3. The van der Waals surface area contributed by atoms with Crippen LogP contribution >= 0.6 is 0 Å². The Kier molecular flexibility index (Phi) is 18.2. The summed E-state index contributed by atoms with van der Waals surface area (Å²) in [5.74, 6) is -0.424. The van der Waals surface area contributed by atoms with Gasteiger partial charge in [0, 0.05) is 104 Å². The summed E-state index contributed by atoms with van der Waals surface area (Å²) in [5.41, 5.74) is 7.67. The predicted octanol–water partition coefficient (Wildman–Crippen LogP) is 7.26. The summed E-state index contributed by atoms with van der Waals surface area (Å²) in [4.78, 5) is 68.0. The van der Waals surface area contributed by atoms with E-state index in [1.54, 1.807) is 48.5 Å². The molecule has 11 rings (SSSR count). The molecule has 19 nitrogen and oxygen atoms in total. The molecule has 5 aliphatic rings. The van der Waals surface area contributed by atoms with Crippen LogP contribution in [0.1, 0.15) is 114 Å². The number of carbonyl (C=O) groups is 6. The number of likely N-dealkylation sites (tertiary alicyclic amines) is 1. The maximum absolute atomic E-state index is 12.5. The number of hydrogen-bond acceptors (Lipinski definition) is 17. The first kappa shape index (κ1) is 56.5. The van der Waals surface area contributed by atoms with Crippen LogP contribution in [-0.2, 0) is 39.9 Å². The summed E-state index contributed by atoms with van der Waals surface area (Å²) in [6.45, 7) is 4.55. The molecule has 19 heteroatoms. The molecule has 2 spiro atoms. The normalized spacial score (nSPS) is 14.6. The van der Waals surface area contributed by atoms with Crippen molar-refractivity contribution in [3.05, 3.63) is 166 Å². The molecule has 0 unspecified atom stereocenters. The molecule has 6 aromatic rings. The zero-order valence-electron chi connectivity index (χ0n) is 40.9. The number of nitrogens with two attached hydrogens (primary N) is 1. The summed E-state index contributed by atoms with van der Waals surface area (Å²) in [7, 11) is 0. The molecule has 4 amide bonds. The Labute approximate surface area is 437 Å². The number of amides is 4. The van der Waals surface area contributed by atoms with Crippen molar-refractivity contribution < 1.29 is 78.4 Å². The zero-order valence-corrected chi connectivity index (χ0v) is 40.9. The van der Waals surface area contributed by atoms with Gasteiger partial charge in [0.05, 0.1) is 11.1 Å². The molecule has 0 bridgehead atoms. The van der Waals surface area contributed by atoms with Gasteiger partial charge in [-0.2, -0.15) is 0 Å². The Bertz CT molecular complexity index is 2860. The minimum absolute atomic E-state index is 0. The van der Waals surface area contributed by atoms with Crippen LogP contribution in [0.3, 0.4) is 0 Å². The Morgan fingerprint density at radius 2 is 0.895 bits per heavy atom. The SMILES string of the molecule is C.CC(=O)N1C(=O)CCC1=O.CC(=O)NCCCCO.NCCCCO.O=C1OC2(c3ccc(O)cc3Oc3cc(O)ccc32)c2ccccc21.O=C1OC2(c3ccc(O)cc3Oc3cc(O)ccc32)c2ccccc21. The Balaban J connectivity index is 0.000000171. The number of nitrogens with one attached hydrogen (secondary N) is 1. The van der Waals surface area contributed by atoms with Gasteiger partial charge in [-0.3, -0.25) is 19.2 Å². The molecule has 9 N–H and O–H groups in total. The standard InChI is InChI=1S/2C20H12O5.C6H7NO3.C6H13NO2.C4H11NO.CH4/c2*21-11-5-7-15-17(9-11)24-18-10-12(22)6-8-16(18)20(15)14-4-2-1-3-13(14)19(23)25-20;1-4(8)7-5(9)2-3-6(7)10;1-6(9)7-4-2-3-5-8;5-3-1-2-4-6;/h2*1-10,21-22H;2-3H2,1H3;8H,2-5H2,1H3,(H,7,9);6H,1-5H2;1H4. The van der Waals surface area contributed by atoms with E-state index in [2.05, 4.69) is 5.32 Å². The van der Waals surface area contributed by atoms with Crippen LogP contribution in [0.15, 0.2) is 121 Å². The van der Waals surface area contributed by atoms with Gasteiger partial charge in [0.15, 0.2) is 11.2 Å². The first-order valence-corrected chi connectivity index (χ1v) is 23.9. The molecule has 0 radical (unpaired) electrons. The summed E-state index contributed by atoms with van der Waals surface area (Å²) in [6.07, 6.45) is 3.76. The first-order chi connectivity index (χ1) is 36.0. The second kappa shape index (κ2) is 24.5. The lowest BCUT2D eigenvalue weighted by Crippen LogP contribution is -2.33. The van der Waals surface area contributed by atoms with Crippen LogP contribution in [0.2, 0.25) is 0 Å².